The van der Waals surface area contributed by atoms with Gasteiger partial charge in [-0.15, -0.1) is 0 Å². The first-order valence-corrected chi connectivity index (χ1v) is 4.92. The Labute approximate surface area is 84.3 Å². The van der Waals surface area contributed by atoms with Crippen LogP contribution in [0.5, 0.6) is 0 Å². The first-order valence-electron chi connectivity index (χ1n) is 4.07. The number of esters is 1. The molecular weight excluding hydrogens is 231 g/mol. The van der Waals surface area contributed by atoms with Crippen LogP contribution in [0.2, 0.25) is 0 Å². The van der Waals surface area contributed by atoms with Gasteiger partial charge in [0.2, 0.25) is 0 Å². The van der Waals surface area contributed by atoms with Gasteiger partial charge >= 0.3 is 83.9 Å². The Balaban J connectivity index is 2.28. The second-order valence-corrected chi connectivity index (χ2v) is 3.80. The molecular formula is C10H8O2Se. The Morgan fingerprint density at radius 3 is 2.54 bits per heavy atom. The van der Waals surface area contributed by atoms with Crippen molar-refractivity contribution in [2.45, 2.75) is 12.3 Å². The Morgan fingerprint density at radius 2 is 2.00 bits per heavy atom. The van der Waals surface area contributed by atoms with Crippen molar-refractivity contribution in [3.63, 3.8) is 0 Å². The molecule has 0 radical (unpaired) electrons. The third-order valence-electron chi connectivity index (χ3n) is 2.07. The molecule has 1 saturated heterocycles. The summed E-state index contributed by atoms with van der Waals surface area (Å²) in [7, 11) is 0. The summed E-state index contributed by atoms with van der Waals surface area (Å²) in [6.07, 6.45) is 0.451. The van der Waals surface area contributed by atoms with Crippen LogP contribution in [-0.2, 0) is 9.53 Å². The topological polar surface area (TPSA) is 26.3 Å². The number of ether oxygens (including phenoxy) is 1. The third-order valence-corrected chi connectivity index (χ3v) is 2.84. The van der Waals surface area contributed by atoms with Crippen LogP contribution in [0, 0.1) is 0 Å². The summed E-state index contributed by atoms with van der Waals surface area (Å²) in [6.45, 7) is 0. The average Bonchev–Trinajstić information content (AvgIpc) is 2.47. The summed E-state index contributed by atoms with van der Waals surface area (Å²) in [5.41, 5.74) is 1.13. The van der Waals surface area contributed by atoms with E-state index in [1.54, 1.807) is 0 Å². The normalized spacial score (nSPS) is 21.7. The van der Waals surface area contributed by atoms with Gasteiger partial charge in [0.05, 0.1) is 0 Å². The second kappa shape index (κ2) is 3.44. The van der Waals surface area contributed by atoms with E-state index in [4.69, 9.17) is 4.74 Å². The van der Waals surface area contributed by atoms with Crippen molar-refractivity contribution in [3.8, 4) is 0 Å². The maximum absolute atomic E-state index is 11.0. The molecule has 0 N–H and O–H groups in total. The molecule has 0 bridgehead atoms. The number of carbonyl (C=O) groups is 1. The molecule has 1 aromatic rings. The zero-order valence-corrected chi connectivity index (χ0v) is 8.61. The molecule has 3 heteroatoms. The fraction of sp³-hybridized carbons (Fsp3) is 0.200. The first kappa shape index (κ1) is 8.67. The van der Waals surface area contributed by atoms with Gasteiger partial charge in [0, 0.05) is 0 Å². The van der Waals surface area contributed by atoms with Gasteiger partial charge in [0.1, 0.15) is 0 Å². The Hall–Kier alpha value is -0.921. The third kappa shape index (κ3) is 1.71. The summed E-state index contributed by atoms with van der Waals surface area (Å²) < 4.78 is 5.64. The molecule has 1 fully saturated rings. The maximum atomic E-state index is 11.0. The van der Waals surface area contributed by atoms with Crippen molar-refractivity contribution in [1.29, 1.82) is 0 Å². The average molecular weight is 239 g/mol. The number of cyclic esters (lactones) is 1. The molecule has 0 aliphatic carbocycles. The molecule has 1 unspecified atom stereocenters. The molecule has 1 aliphatic heterocycles. The van der Waals surface area contributed by atoms with Crippen LogP contribution in [0.1, 0.15) is 17.9 Å². The van der Waals surface area contributed by atoms with Gasteiger partial charge in [-0.05, 0) is 0 Å². The van der Waals surface area contributed by atoms with E-state index in [-0.39, 0.29) is 11.9 Å². The van der Waals surface area contributed by atoms with Crippen LogP contribution in [0.15, 0.2) is 30.3 Å². The molecule has 1 heterocycles. The van der Waals surface area contributed by atoms with Crippen LogP contribution >= 0.6 is 0 Å². The Kier molecular flexibility index (Phi) is 2.30. The molecule has 2 rings (SSSR count). The van der Waals surface area contributed by atoms with E-state index in [1.807, 2.05) is 30.3 Å². The van der Waals surface area contributed by atoms with Crippen LogP contribution < -0.4 is 0 Å². The fourth-order valence-electron chi connectivity index (χ4n) is 1.41. The standard InChI is InChI=1S/C10H8O2Se/c11-9-6-8(10(13)12-9)7-4-2-1-3-5-7/h1-5,8H,6H2. The molecule has 66 valence electrons. The summed E-state index contributed by atoms with van der Waals surface area (Å²) in [5, 5.41) is 0. The van der Waals surface area contributed by atoms with E-state index in [9.17, 15) is 4.79 Å². The summed E-state index contributed by atoms with van der Waals surface area (Å²) in [5.74, 6) is -0.0451. The van der Waals surface area contributed by atoms with Gasteiger partial charge in [-0.25, -0.2) is 0 Å². The summed E-state index contributed by atoms with van der Waals surface area (Å²) in [6, 6.07) is 9.89. The Bertz CT molecular complexity index is 345. The number of benzene rings is 1. The summed E-state index contributed by atoms with van der Waals surface area (Å²) >= 11 is 2.79. The van der Waals surface area contributed by atoms with Gasteiger partial charge in [0.15, 0.2) is 0 Å². The molecule has 0 amide bonds. The van der Waals surface area contributed by atoms with Gasteiger partial charge in [-0.3, -0.25) is 0 Å². The van der Waals surface area contributed by atoms with E-state index >= 15 is 0 Å². The first-order chi connectivity index (χ1) is 6.27. The Morgan fingerprint density at radius 1 is 1.31 bits per heavy atom. The van der Waals surface area contributed by atoms with Crippen LogP contribution in [0.25, 0.3) is 0 Å². The van der Waals surface area contributed by atoms with E-state index in [2.05, 4.69) is 15.6 Å². The van der Waals surface area contributed by atoms with Gasteiger partial charge in [-0.2, -0.15) is 0 Å². The number of hydrogen-bond acceptors (Lipinski definition) is 2. The predicted octanol–water partition coefficient (Wildman–Crippen LogP) is 1.02. The van der Waals surface area contributed by atoms with Gasteiger partial charge in [0.25, 0.3) is 0 Å². The van der Waals surface area contributed by atoms with Gasteiger partial charge < -0.3 is 0 Å². The monoisotopic (exact) mass is 240 g/mol. The van der Waals surface area contributed by atoms with Crippen LogP contribution in [0.4, 0.5) is 0 Å². The molecule has 0 spiro atoms. The van der Waals surface area contributed by atoms with Crippen molar-refractivity contribution in [1.82, 2.24) is 0 Å². The van der Waals surface area contributed by atoms with Crippen LogP contribution in [0.3, 0.4) is 0 Å². The quantitative estimate of drug-likeness (QED) is 0.540. The van der Waals surface area contributed by atoms with Crippen molar-refractivity contribution in [3.05, 3.63) is 35.9 Å². The molecule has 1 aromatic carbocycles. The van der Waals surface area contributed by atoms with Crippen molar-refractivity contribution < 1.29 is 9.53 Å². The van der Waals surface area contributed by atoms with Crippen molar-refractivity contribution in [2.75, 3.05) is 0 Å². The molecule has 13 heavy (non-hydrogen) atoms. The molecule has 2 nitrogen and oxygen atoms in total. The van der Waals surface area contributed by atoms with Crippen molar-refractivity contribution in [2.24, 2.45) is 0 Å². The molecule has 0 saturated carbocycles. The van der Waals surface area contributed by atoms with Gasteiger partial charge in [-0.1, -0.05) is 0 Å². The fourth-order valence-corrected chi connectivity index (χ4v) is 2.07. The minimum absolute atomic E-state index is 0.105. The molecule has 1 aliphatic rings. The summed E-state index contributed by atoms with van der Waals surface area (Å²) in [4.78, 5) is 11.0. The number of carbonyl (C=O) groups excluding carboxylic acids is 1. The number of rotatable bonds is 1. The zero-order valence-electron chi connectivity index (χ0n) is 6.90. The van der Waals surface area contributed by atoms with E-state index in [0.717, 1.165) is 5.56 Å². The van der Waals surface area contributed by atoms with E-state index in [0.29, 0.717) is 11.0 Å². The zero-order chi connectivity index (χ0) is 9.26. The SMILES string of the molecule is O=C1CC(c2ccccc2)C(=[Se])O1. The number of hydrogen-bond donors (Lipinski definition) is 0. The van der Waals surface area contributed by atoms with Crippen LogP contribution in [-0.4, -0.2) is 26.1 Å². The predicted molar refractivity (Wildman–Crippen MR) is 50.7 cm³/mol. The minimum atomic E-state index is -0.150. The van der Waals surface area contributed by atoms with E-state index < -0.39 is 0 Å². The van der Waals surface area contributed by atoms with E-state index in [1.165, 1.54) is 0 Å². The van der Waals surface area contributed by atoms with Crippen molar-refractivity contribution >= 4 is 26.1 Å². The molecule has 0 aromatic heterocycles. The molecule has 1 atom stereocenters. The second-order valence-electron chi connectivity index (χ2n) is 2.96.